The normalized spacial score (nSPS) is 11.1. The molecule has 0 unspecified atom stereocenters. The predicted molar refractivity (Wildman–Crippen MR) is 213 cm³/mol. The van der Waals surface area contributed by atoms with Gasteiger partial charge in [-0.1, -0.05) is 176 Å². The molecule has 0 saturated carbocycles. The summed E-state index contributed by atoms with van der Waals surface area (Å²) >= 11 is 0. The number of rotatable bonds is 7. The number of hydrogen-bond acceptors (Lipinski definition) is 4. The Labute approximate surface area is 302 Å². The van der Waals surface area contributed by atoms with Crippen LogP contribution in [-0.2, 0) is 0 Å². The zero-order valence-electron chi connectivity index (χ0n) is 28.3. The number of nitrogens with zero attached hydrogens (tertiary/aromatic N) is 4. The summed E-state index contributed by atoms with van der Waals surface area (Å²) in [6.45, 7) is 0. The summed E-state index contributed by atoms with van der Waals surface area (Å²) in [5.41, 5.74) is 11.5. The molecule has 0 atom stereocenters. The van der Waals surface area contributed by atoms with Crippen LogP contribution < -0.4 is 0 Å². The molecule has 0 aliphatic heterocycles. The molecule has 9 rings (SSSR count). The highest BCUT2D eigenvalue weighted by Gasteiger charge is 2.14. The van der Waals surface area contributed by atoms with Crippen LogP contribution in [0.25, 0.3) is 89.7 Å². The molecule has 2 aromatic heterocycles. The third kappa shape index (κ3) is 6.26. The van der Waals surface area contributed by atoms with Gasteiger partial charge >= 0.3 is 0 Å². The van der Waals surface area contributed by atoms with Gasteiger partial charge in [-0.05, 0) is 51.2 Å². The minimum atomic E-state index is 0.645. The van der Waals surface area contributed by atoms with E-state index in [0.717, 1.165) is 61.3 Å². The molecule has 52 heavy (non-hydrogen) atoms. The van der Waals surface area contributed by atoms with E-state index in [1.54, 1.807) is 0 Å². The highest BCUT2D eigenvalue weighted by atomic mass is 15.0. The first-order valence-electron chi connectivity index (χ1n) is 17.4. The first-order valence-corrected chi connectivity index (χ1v) is 17.4. The second-order valence-corrected chi connectivity index (χ2v) is 12.7. The Morgan fingerprint density at radius 2 is 0.692 bits per heavy atom. The molecule has 4 heteroatoms. The first-order chi connectivity index (χ1) is 25.7. The number of benzene rings is 7. The van der Waals surface area contributed by atoms with Crippen molar-refractivity contribution in [1.82, 2.24) is 19.9 Å². The molecule has 244 valence electrons. The Hall–Kier alpha value is -7.04. The van der Waals surface area contributed by atoms with Crippen LogP contribution in [0.2, 0.25) is 0 Å². The largest absolute Gasteiger partial charge is 0.248 e. The molecule has 2 heterocycles. The molecule has 0 aliphatic rings. The van der Waals surface area contributed by atoms with Gasteiger partial charge in [-0.25, -0.2) is 19.9 Å². The number of hydrogen-bond donors (Lipinski definition) is 0. The van der Waals surface area contributed by atoms with Crippen molar-refractivity contribution < 1.29 is 0 Å². The van der Waals surface area contributed by atoms with E-state index in [0.29, 0.717) is 17.5 Å². The van der Waals surface area contributed by atoms with Crippen LogP contribution in [0, 0.1) is 0 Å². The number of fused-ring (bicyclic) bond motifs is 1. The van der Waals surface area contributed by atoms with Crippen LogP contribution in [-0.4, -0.2) is 19.9 Å². The van der Waals surface area contributed by atoms with E-state index in [1.807, 2.05) is 72.8 Å². The van der Waals surface area contributed by atoms with Crippen molar-refractivity contribution in [3.63, 3.8) is 0 Å². The fourth-order valence-corrected chi connectivity index (χ4v) is 6.67. The molecule has 0 fully saturated rings. The highest BCUT2D eigenvalue weighted by molar-refractivity contribution is 5.98. The van der Waals surface area contributed by atoms with E-state index >= 15 is 0 Å². The number of aromatic nitrogens is 4. The lowest BCUT2D eigenvalue weighted by Crippen LogP contribution is -2.00. The van der Waals surface area contributed by atoms with Gasteiger partial charge in [-0.3, -0.25) is 0 Å². The summed E-state index contributed by atoms with van der Waals surface area (Å²) < 4.78 is 0. The van der Waals surface area contributed by atoms with Gasteiger partial charge in [0, 0.05) is 27.8 Å². The summed E-state index contributed by atoms with van der Waals surface area (Å²) in [4.78, 5) is 19.8. The van der Waals surface area contributed by atoms with Gasteiger partial charge in [-0.15, -0.1) is 0 Å². The van der Waals surface area contributed by atoms with Crippen LogP contribution in [0.5, 0.6) is 0 Å². The zero-order chi connectivity index (χ0) is 34.7. The zero-order valence-corrected chi connectivity index (χ0v) is 28.3. The summed E-state index contributed by atoms with van der Waals surface area (Å²) in [5, 5.41) is 2.29. The first kappa shape index (κ1) is 31.0. The standard InChI is InChI=1S/C48H32N4/c1-5-14-35(15-6-1)44-31-41(32-45(49-44)36-16-7-2-8-17-36)33-24-26-34(27-25-33)42-23-13-22-39-30-40(28-29-43(39)42)48-51-46(37-18-9-3-10-19-37)50-47(52-48)38-20-11-4-12-21-38/h1-32H. The topological polar surface area (TPSA) is 51.6 Å². The average molecular weight is 665 g/mol. The van der Waals surface area contributed by atoms with E-state index in [2.05, 4.69) is 121 Å². The van der Waals surface area contributed by atoms with E-state index in [4.69, 9.17) is 19.9 Å². The SMILES string of the molecule is c1ccc(-c2cc(-c3ccc(-c4cccc5cc(-c6nc(-c7ccccc7)nc(-c7ccccc7)n6)ccc45)cc3)cc(-c3ccccc3)n2)cc1. The van der Waals surface area contributed by atoms with Gasteiger partial charge < -0.3 is 0 Å². The Balaban J connectivity index is 1.08. The number of pyridine rings is 1. The van der Waals surface area contributed by atoms with Crippen LogP contribution in [0.1, 0.15) is 0 Å². The lowest BCUT2D eigenvalue weighted by Gasteiger charge is -2.12. The van der Waals surface area contributed by atoms with Gasteiger partial charge in [-0.2, -0.15) is 0 Å². The molecule has 4 nitrogen and oxygen atoms in total. The van der Waals surface area contributed by atoms with Crippen LogP contribution in [0.4, 0.5) is 0 Å². The van der Waals surface area contributed by atoms with Gasteiger partial charge in [0.05, 0.1) is 11.4 Å². The van der Waals surface area contributed by atoms with Crippen molar-refractivity contribution in [2.75, 3.05) is 0 Å². The molecule has 0 spiro atoms. The van der Waals surface area contributed by atoms with Crippen LogP contribution in [0.15, 0.2) is 194 Å². The van der Waals surface area contributed by atoms with E-state index in [-0.39, 0.29) is 0 Å². The summed E-state index contributed by atoms with van der Waals surface area (Å²) in [7, 11) is 0. The lowest BCUT2D eigenvalue weighted by molar-refractivity contribution is 1.07. The van der Waals surface area contributed by atoms with E-state index in [9.17, 15) is 0 Å². The van der Waals surface area contributed by atoms with Crippen molar-refractivity contribution in [3.05, 3.63) is 194 Å². The minimum absolute atomic E-state index is 0.645. The van der Waals surface area contributed by atoms with E-state index < -0.39 is 0 Å². The third-order valence-corrected chi connectivity index (χ3v) is 9.33. The Morgan fingerprint density at radius 3 is 1.21 bits per heavy atom. The van der Waals surface area contributed by atoms with Crippen molar-refractivity contribution in [3.8, 4) is 78.9 Å². The maximum absolute atomic E-state index is 5.06. The molecule has 0 N–H and O–H groups in total. The molecule has 0 amide bonds. The smallest absolute Gasteiger partial charge is 0.164 e. The fraction of sp³-hybridized carbons (Fsp3) is 0. The molecule has 0 aliphatic carbocycles. The van der Waals surface area contributed by atoms with Gasteiger partial charge in [0.25, 0.3) is 0 Å². The van der Waals surface area contributed by atoms with Crippen molar-refractivity contribution >= 4 is 10.8 Å². The second-order valence-electron chi connectivity index (χ2n) is 12.7. The Kier molecular flexibility index (Phi) is 8.16. The molecule has 9 aromatic rings. The fourth-order valence-electron chi connectivity index (χ4n) is 6.67. The molecule has 0 radical (unpaired) electrons. The van der Waals surface area contributed by atoms with Crippen LogP contribution in [0.3, 0.4) is 0 Å². The maximum atomic E-state index is 5.06. The molecule has 7 aromatic carbocycles. The predicted octanol–water partition coefficient (Wildman–Crippen LogP) is 12.1. The highest BCUT2D eigenvalue weighted by Crippen LogP contribution is 2.35. The Bertz CT molecular complexity index is 2530. The van der Waals surface area contributed by atoms with Gasteiger partial charge in [0.15, 0.2) is 17.5 Å². The molecule has 0 bridgehead atoms. The van der Waals surface area contributed by atoms with Gasteiger partial charge in [0.2, 0.25) is 0 Å². The quantitative estimate of drug-likeness (QED) is 0.170. The van der Waals surface area contributed by atoms with Gasteiger partial charge in [0.1, 0.15) is 0 Å². The Morgan fingerprint density at radius 1 is 0.250 bits per heavy atom. The molecular formula is C48H32N4. The summed E-state index contributed by atoms with van der Waals surface area (Å²) in [5.74, 6) is 1.95. The van der Waals surface area contributed by atoms with Crippen molar-refractivity contribution in [1.29, 1.82) is 0 Å². The van der Waals surface area contributed by atoms with Crippen LogP contribution >= 0.6 is 0 Å². The van der Waals surface area contributed by atoms with E-state index in [1.165, 1.54) is 10.9 Å². The maximum Gasteiger partial charge on any atom is 0.164 e. The van der Waals surface area contributed by atoms with Crippen molar-refractivity contribution in [2.24, 2.45) is 0 Å². The minimum Gasteiger partial charge on any atom is -0.248 e. The third-order valence-electron chi connectivity index (χ3n) is 9.33. The molecule has 0 saturated heterocycles. The van der Waals surface area contributed by atoms with Crippen molar-refractivity contribution in [2.45, 2.75) is 0 Å². The summed E-state index contributed by atoms with van der Waals surface area (Å²) in [6, 6.07) is 67.1. The molecular weight excluding hydrogens is 633 g/mol. The average Bonchev–Trinajstić information content (AvgIpc) is 3.24. The lowest BCUT2D eigenvalue weighted by atomic mass is 9.94. The second kappa shape index (κ2) is 13.7. The summed E-state index contributed by atoms with van der Waals surface area (Å²) in [6.07, 6.45) is 0. The monoisotopic (exact) mass is 664 g/mol.